The number of anilines is 2. The quantitative estimate of drug-likeness (QED) is 0.932. The molecule has 104 valence electrons. The topological polar surface area (TPSA) is 71.0 Å². The van der Waals surface area contributed by atoms with Gasteiger partial charge in [-0.15, -0.1) is 16.4 Å². The highest BCUT2D eigenvalue weighted by molar-refractivity contribution is 7.13. The zero-order chi connectivity index (χ0) is 13.8. The predicted octanol–water partition coefficient (Wildman–Crippen LogP) is 1.79. The fourth-order valence-corrected chi connectivity index (χ4v) is 2.89. The van der Waals surface area contributed by atoms with E-state index in [0.717, 1.165) is 25.2 Å². The number of carbonyl (C=O) groups is 1. The van der Waals surface area contributed by atoms with E-state index in [9.17, 15) is 4.79 Å². The molecular weight excluding hydrogens is 274 g/mol. The van der Waals surface area contributed by atoms with Crippen LogP contribution in [-0.4, -0.2) is 34.2 Å². The number of hydrogen-bond donors (Lipinski definition) is 1. The zero-order valence-electron chi connectivity index (χ0n) is 10.9. The maximum absolute atomic E-state index is 12.2. The third kappa shape index (κ3) is 2.93. The molecule has 1 saturated heterocycles. The van der Waals surface area contributed by atoms with Crippen LogP contribution in [0.5, 0.6) is 0 Å². The molecule has 1 aliphatic heterocycles. The second-order valence-electron chi connectivity index (χ2n) is 4.69. The highest BCUT2D eigenvalue weighted by atomic mass is 32.1. The highest BCUT2D eigenvalue weighted by Gasteiger charge is 2.27. The Hall–Kier alpha value is -2.02. The van der Waals surface area contributed by atoms with Crippen molar-refractivity contribution in [2.75, 3.05) is 23.3 Å². The van der Waals surface area contributed by atoms with E-state index in [1.54, 1.807) is 12.4 Å². The molecule has 2 aromatic rings. The van der Waals surface area contributed by atoms with Gasteiger partial charge in [0.05, 0.1) is 5.92 Å². The molecule has 0 radical (unpaired) electrons. The average molecular weight is 289 g/mol. The molecule has 3 heterocycles. The molecule has 1 fully saturated rings. The predicted molar refractivity (Wildman–Crippen MR) is 77.7 cm³/mol. The first-order valence-corrected chi connectivity index (χ1v) is 7.44. The van der Waals surface area contributed by atoms with Crippen LogP contribution < -0.4 is 10.2 Å². The number of nitrogens with zero attached hydrogens (tertiary/aromatic N) is 4. The lowest BCUT2D eigenvalue weighted by Crippen LogP contribution is -2.41. The summed E-state index contributed by atoms with van der Waals surface area (Å²) in [6.07, 6.45) is 5.22. The molecular formula is C13H15N5OS. The molecule has 1 N–H and O–H groups in total. The van der Waals surface area contributed by atoms with E-state index in [2.05, 4.69) is 25.4 Å². The lowest BCUT2D eigenvalue weighted by atomic mass is 9.97. The molecule has 1 amide bonds. The van der Waals surface area contributed by atoms with Crippen molar-refractivity contribution in [2.24, 2.45) is 5.92 Å². The number of thiazole rings is 1. The van der Waals surface area contributed by atoms with E-state index in [4.69, 9.17) is 0 Å². The molecule has 1 unspecified atom stereocenters. The Morgan fingerprint density at radius 3 is 3.15 bits per heavy atom. The number of aromatic nitrogens is 3. The maximum Gasteiger partial charge on any atom is 0.231 e. The Kier molecular flexibility index (Phi) is 3.87. The molecule has 7 heteroatoms. The first kappa shape index (κ1) is 13.0. The van der Waals surface area contributed by atoms with Crippen molar-refractivity contribution in [2.45, 2.75) is 12.8 Å². The van der Waals surface area contributed by atoms with E-state index in [1.165, 1.54) is 11.3 Å². The van der Waals surface area contributed by atoms with Gasteiger partial charge in [-0.1, -0.05) is 0 Å². The molecule has 20 heavy (non-hydrogen) atoms. The van der Waals surface area contributed by atoms with Gasteiger partial charge in [-0.25, -0.2) is 4.98 Å². The van der Waals surface area contributed by atoms with E-state index in [1.807, 2.05) is 17.5 Å². The summed E-state index contributed by atoms with van der Waals surface area (Å²) in [4.78, 5) is 18.4. The van der Waals surface area contributed by atoms with Crippen molar-refractivity contribution in [1.29, 1.82) is 0 Å². The summed E-state index contributed by atoms with van der Waals surface area (Å²) in [7, 11) is 0. The van der Waals surface area contributed by atoms with E-state index in [-0.39, 0.29) is 11.8 Å². The van der Waals surface area contributed by atoms with Crippen LogP contribution >= 0.6 is 11.3 Å². The normalized spacial score (nSPS) is 18.8. The Balaban J connectivity index is 1.64. The molecule has 3 rings (SSSR count). The SMILES string of the molecule is O=C(Nc1nccs1)C1CCCN(c2cccnn2)C1. The third-order valence-corrected chi connectivity index (χ3v) is 4.03. The Bertz CT molecular complexity index is 559. The van der Waals surface area contributed by atoms with Gasteiger partial charge in [-0.2, -0.15) is 5.10 Å². The van der Waals surface area contributed by atoms with Crippen molar-refractivity contribution in [3.8, 4) is 0 Å². The third-order valence-electron chi connectivity index (χ3n) is 3.34. The summed E-state index contributed by atoms with van der Waals surface area (Å²) in [5.74, 6) is 0.836. The lowest BCUT2D eigenvalue weighted by molar-refractivity contribution is -0.120. The molecule has 0 saturated carbocycles. The van der Waals surface area contributed by atoms with Gasteiger partial charge >= 0.3 is 0 Å². The van der Waals surface area contributed by atoms with Gasteiger partial charge in [-0.05, 0) is 25.0 Å². The number of rotatable bonds is 3. The van der Waals surface area contributed by atoms with Crippen molar-refractivity contribution in [1.82, 2.24) is 15.2 Å². The number of piperidine rings is 1. The summed E-state index contributed by atoms with van der Waals surface area (Å²) in [5, 5.41) is 13.4. The molecule has 0 spiro atoms. The molecule has 1 aliphatic rings. The van der Waals surface area contributed by atoms with Crippen molar-refractivity contribution < 1.29 is 4.79 Å². The van der Waals surface area contributed by atoms with Gasteiger partial charge in [-0.3, -0.25) is 4.79 Å². The van der Waals surface area contributed by atoms with Crippen molar-refractivity contribution in [3.63, 3.8) is 0 Å². The number of carbonyl (C=O) groups excluding carboxylic acids is 1. The monoisotopic (exact) mass is 289 g/mol. The molecule has 0 aliphatic carbocycles. The van der Waals surface area contributed by atoms with Gasteiger partial charge in [0.15, 0.2) is 10.9 Å². The standard InChI is InChI=1S/C13H15N5OS/c19-12(16-13-14-6-8-20-13)10-3-2-7-18(9-10)11-4-1-5-15-17-11/h1,4-6,8,10H,2-3,7,9H2,(H,14,16,19). The van der Waals surface area contributed by atoms with Crippen LogP contribution in [0.25, 0.3) is 0 Å². The minimum absolute atomic E-state index is 0.0327. The molecule has 1 atom stereocenters. The Labute approximate surface area is 120 Å². The average Bonchev–Trinajstić information content (AvgIpc) is 3.01. The van der Waals surface area contributed by atoms with Crippen LogP contribution in [0.2, 0.25) is 0 Å². The van der Waals surface area contributed by atoms with Gasteiger partial charge in [0, 0.05) is 30.9 Å². The summed E-state index contributed by atoms with van der Waals surface area (Å²) in [5.41, 5.74) is 0. The smallest absolute Gasteiger partial charge is 0.231 e. The molecule has 6 nitrogen and oxygen atoms in total. The second-order valence-corrected chi connectivity index (χ2v) is 5.59. The van der Waals surface area contributed by atoms with Crippen LogP contribution in [-0.2, 0) is 4.79 Å². The first-order valence-electron chi connectivity index (χ1n) is 6.56. The summed E-state index contributed by atoms with van der Waals surface area (Å²) >= 11 is 1.43. The van der Waals surface area contributed by atoms with Gasteiger partial charge in [0.2, 0.25) is 5.91 Å². The van der Waals surface area contributed by atoms with E-state index < -0.39 is 0 Å². The number of nitrogens with one attached hydrogen (secondary N) is 1. The molecule has 0 aromatic carbocycles. The Morgan fingerprint density at radius 2 is 2.40 bits per heavy atom. The summed E-state index contributed by atoms with van der Waals surface area (Å²) < 4.78 is 0. The number of amides is 1. The fourth-order valence-electron chi connectivity index (χ4n) is 2.35. The van der Waals surface area contributed by atoms with Crippen LogP contribution in [0.3, 0.4) is 0 Å². The lowest BCUT2D eigenvalue weighted by Gasteiger charge is -2.32. The summed E-state index contributed by atoms with van der Waals surface area (Å²) in [6, 6.07) is 3.79. The fraction of sp³-hybridized carbons (Fsp3) is 0.385. The van der Waals surface area contributed by atoms with Crippen molar-refractivity contribution in [3.05, 3.63) is 29.9 Å². The highest BCUT2D eigenvalue weighted by Crippen LogP contribution is 2.22. The Morgan fingerprint density at radius 1 is 1.45 bits per heavy atom. The molecule has 0 bridgehead atoms. The molecule has 2 aromatic heterocycles. The van der Waals surface area contributed by atoms with Crippen LogP contribution in [0.15, 0.2) is 29.9 Å². The zero-order valence-corrected chi connectivity index (χ0v) is 11.7. The minimum Gasteiger partial charge on any atom is -0.354 e. The van der Waals surface area contributed by atoms with E-state index >= 15 is 0 Å². The van der Waals surface area contributed by atoms with Gasteiger partial charge < -0.3 is 10.2 Å². The number of hydrogen-bond acceptors (Lipinski definition) is 6. The van der Waals surface area contributed by atoms with E-state index in [0.29, 0.717) is 11.7 Å². The maximum atomic E-state index is 12.2. The van der Waals surface area contributed by atoms with Crippen LogP contribution in [0, 0.1) is 5.92 Å². The summed E-state index contributed by atoms with van der Waals surface area (Å²) in [6.45, 7) is 1.59. The van der Waals surface area contributed by atoms with Gasteiger partial charge in [0.1, 0.15) is 0 Å². The van der Waals surface area contributed by atoms with Crippen LogP contribution in [0.4, 0.5) is 10.9 Å². The second kappa shape index (κ2) is 5.96. The minimum atomic E-state index is -0.0327. The first-order chi connectivity index (χ1) is 9.83. The van der Waals surface area contributed by atoms with Crippen LogP contribution in [0.1, 0.15) is 12.8 Å². The van der Waals surface area contributed by atoms with Crippen molar-refractivity contribution >= 4 is 28.2 Å². The largest absolute Gasteiger partial charge is 0.354 e. The van der Waals surface area contributed by atoms with Gasteiger partial charge in [0.25, 0.3) is 0 Å².